The van der Waals surface area contributed by atoms with Gasteiger partial charge in [-0.05, 0) is 38.0 Å². The molecule has 20 heavy (non-hydrogen) atoms. The van der Waals surface area contributed by atoms with Crippen LogP contribution in [0.25, 0.3) is 0 Å². The Morgan fingerprint density at radius 3 is 1.70 bits per heavy atom. The fraction of sp³-hybridized carbons (Fsp3) is 1.00. The molecule has 0 aliphatic heterocycles. The molecule has 2 nitrogen and oxygen atoms in total. The van der Waals surface area contributed by atoms with E-state index in [9.17, 15) is 5.11 Å². The summed E-state index contributed by atoms with van der Waals surface area (Å²) in [6, 6.07) is 0. The Morgan fingerprint density at radius 1 is 0.750 bits per heavy atom. The molecular formula is C18H38O2. The summed E-state index contributed by atoms with van der Waals surface area (Å²) >= 11 is 0. The van der Waals surface area contributed by atoms with Gasteiger partial charge in [0.2, 0.25) is 0 Å². The van der Waals surface area contributed by atoms with Gasteiger partial charge in [0.15, 0.2) is 0 Å². The van der Waals surface area contributed by atoms with Gasteiger partial charge >= 0.3 is 0 Å². The van der Waals surface area contributed by atoms with Gasteiger partial charge in [0.05, 0.1) is 5.60 Å². The van der Waals surface area contributed by atoms with Crippen LogP contribution in [0, 0.1) is 5.92 Å². The Balaban J connectivity index is 4.65. The average molecular weight is 286 g/mol. The van der Waals surface area contributed by atoms with Crippen molar-refractivity contribution in [2.24, 2.45) is 5.92 Å². The summed E-state index contributed by atoms with van der Waals surface area (Å²) < 4.78 is 0. The maximum Gasteiger partial charge on any atom is 0.0675 e. The molecule has 1 unspecified atom stereocenters. The minimum atomic E-state index is -0.462. The molecule has 0 heterocycles. The van der Waals surface area contributed by atoms with Gasteiger partial charge in [-0.25, -0.2) is 0 Å². The maximum absolute atomic E-state index is 11.2. The summed E-state index contributed by atoms with van der Waals surface area (Å²) in [7, 11) is 0. The lowest BCUT2D eigenvalue weighted by Gasteiger charge is -2.37. The van der Waals surface area contributed by atoms with Gasteiger partial charge < -0.3 is 10.2 Å². The zero-order valence-electron chi connectivity index (χ0n) is 14.2. The molecule has 0 aromatic carbocycles. The van der Waals surface area contributed by atoms with Crippen molar-refractivity contribution in [1.29, 1.82) is 0 Å². The Hall–Kier alpha value is -0.0800. The quantitative estimate of drug-likeness (QED) is 0.438. The summed E-state index contributed by atoms with van der Waals surface area (Å²) in [5.41, 5.74) is -0.462. The van der Waals surface area contributed by atoms with E-state index in [0.717, 1.165) is 64.2 Å². The van der Waals surface area contributed by atoms with Crippen LogP contribution >= 0.6 is 0 Å². The second kappa shape index (κ2) is 12.6. The molecule has 0 saturated carbocycles. The summed E-state index contributed by atoms with van der Waals surface area (Å²) in [5.74, 6) is 0.423. The van der Waals surface area contributed by atoms with Gasteiger partial charge in [0.25, 0.3) is 0 Å². The second-order valence-electron chi connectivity index (χ2n) is 6.37. The van der Waals surface area contributed by atoms with Gasteiger partial charge in [-0.2, -0.15) is 0 Å². The third-order valence-corrected chi connectivity index (χ3v) is 4.55. The summed E-state index contributed by atoms with van der Waals surface area (Å²) in [5, 5.41) is 20.2. The van der Waals surface area contributed by atoms with Crippen molar-refractivity contribution >= 4 is 0 Å². The summed E-state index contributed by atoms with van der Waals surface area (Å²) in [4.78, 5) is 0. The minimum absolute atomic E-state index is 0.281. The molecule has 0 aromatic heterocycles. The first-order valence-corrected chi connectivity index (χ1v) is 8.97. The minimum Gasteiger partial charge on any atom is -0.396 e. The first kappa shape index (κ1) is 19.9. The molecule has 0 rings (SSSR count). The molecule has 0 fully saturated rings. The molecule has 1 atom stereocenters. The highest BCUT2D eigenvalue weighted by Gasteiger charge is 2.34. The van der Waals surface area contributed by atoms with Crippen LogP contribution in [0.2, 0.25) is 0 Å². The fourth-order valence-corrected chi connectivity index (χ4v) is 3.13. The highest BCUT2D eigenvalue weighted by Crippen LogP contribution is 2.36. The molecule has 0 aliphatic carbocycles. The third kappa shape index (κ3) is 8.26. The highest BCUT2D eigenvalue weighted by atomic mass is 16.3. The van der Waals surface area contributed by atoms with Crippen LogP contribution < -0.4 is 0 Å². The Morgan fingerprint density at radius 2 is 1.25 bits per heavy atom. The Labute approximate surface area is 127 Å². The van der Waals surface area contributed by atoms with Gasteiger partial charge in [-0.1, -0.05) is 65.7 Å². The van der Waals surface area contributed by atoms with E-state index in [0.29, 0.717) is 5.92 Å². The molecule has 0 spiro atoms. The molecule has 0 aliphatic rings. The predicted molar refractivity (Wildman–Crippen MR) is 88.0 cm³/mol. The van der Waals surface area contributed by atoms with Crippen molar-refractivity contribution in [3.05, 3.63) is 0 Å². The molecule has 0 bridgehead atoms. The van der Waals surface area contributed by atoms with Crippen molar-refractivity contribution < 1.29 is 10.2 Å². The van der Waals surface area contributed by atoms with Gasteiger partial charge in [0.1, 0.15) is 0 Å². The lowest BCUT2D eigenvalue weighted by molar-refractivity contribution is -0.0452. The van der Waals surface area contributed by atoms with Crippen LogP contribution in [0.3, 0.4) is 0 Å². The van der Waals surface area contributed by atoms with Crippen molar-refractivity contribution in [3.63, 3.8) is 0 Å². The average Bonchev–Trinajstić information content (AvgIpc) is 2.46. The first-order chi connectivity index (χ1) is 9.64. The largest absolute Gasteiger partial charge is 0.396 e. The molecule has 0 saturated heterocycles. The van der Waals surface area contributed by atoms with E-state index in [2.05, 4.69) is 20.8 Å². The van der Waals surface area contributed by atoms with E-state index < -0.39 is 5.60 Å². The molecule has 2 N–H and O–H groups in total. The zero-order chi connectivity index (χ0) is 15.3. The molecule has 0 radical (unpaired) electrons. The van der Waals surface area contributed by atoms with Crippen LogP contribution in [-0.4, -0.2) is 22.4 Å². The lowest BCUT2D eigenvalue weighted by Crippen LogP contribution is -2.38. The molecule has 0 amide bonds. The number of aliphatic hydroxyl groups excluding tert-OH is 1. The molecule has 0 aromatic rings. The number of rotatable bonds is 14. The lowest BCUT2D eigenvalue weighted by atomic mass is 9.74. The van der Waals surface area contributed by atoms with Crippen LogP contribution in [0.15, 0.2) is 0 Å². The van der Waals surface area contributed by atoms with Crippen molar-refractivity contribution in [2.75, 3.05) is 6.61 Å². The van der Waals surface area contributed by atoms with Crippen molar-refractivity contribution in [3.8, 4) is 0 Å². The summed E-state index contributed by atoms with van der Waals surface area (Å²) in [6.07, 6.45) is 13.0. The fourth-order valence-electron chi connectivity index (χ4n) is 3.13. The SMILES string of the molecule is CCCCC(CCCCO)C(O)(CCCC)CCCC. The number of aliphatic hydroxyl groups is 2. The van der Waals surface area contributed by atoms with E-state index in [1.165, 1.54) is 12.8 Å². The van der Waals surface area contributed by atoms with Crippen LogP contribution in [0.1, 0.15) is 97.8 Å². The van der Waals surface area contributed by atoms with E-state index in [1.54, 1.807) is 0 Å². The maximum atomic E-state index is 11.2. The summed E-state index contributed by atoms with van der Waals surface area (Å²) in [6.45, 7) is 6.91. The van der Waals surface area contributed by atoms with Crippen molar-refractivity contribution in [1.82, 2.24) is 0 Å². The monoisotopic (exact) mass is 286 g/mol. The van der Waals surface area contributed by atoms with Crippen molar-refractivity contribution in [2.45, 2.75) is 103 Å². The van der Waals surface area contributed by atoms with Gasteiger partial charge in [-0.3, -0.25) is 0 Å². The van der Waals surface area contributed by atoms with Crippen LogP contribution in [0.4, 0.5) is 0 Å². The zero-order valence-corrected chi connectivity index (χ0v) is 14.2. The first-order valence-electron chi connectivity index (χ1n) is 8.97. The predicted octanol–water partition coefficient (Wildman–Crippen LogP) is 5.07. The normalized spacial score (nSPS) is 13.7. The molecule has 122 valence electrons. The van der Waals surface area contributed by atoms with Gasteiger partial charge in [-0.15, -0.1) is 0 Å². The van der Waals surface area contributed by atoms with E-state index >= 15 is 0 Å². The van der Waals surface area contributed by atoms with Gasteiger partial charge in [0, 0.05) is 6.61 Å². The van der Waals surface area contributed by atoms with E-state index in [1.807, 2.05) is 0 Å². The topological polar surface area (TPSA) is 40.5 Å². The standard InChI is InChI=1S/C18H38O2/c1-4-7-12-17(13-10-11-16-19)18(20,14-8-5-2)15-9-6-3/h17,19-20H,4-16H2,1-3H3. The smallest absolute Gasteiger partial charge is 0.0675 e. The number of hydrogen-bond donors (Lipinski definition) is 2. The van der Waals surface area contributed by atoms with Crippen LogP contribution in [0.5, 0.6) is 0 Å². The molecule has 2 heteroatoms. The Kier molecular flexibility index (Phi) is 12.6. The number of hydrogen-bond acceptors (Lipinski definition) is 2. The van der Waals surface area contributed by atoms with E-state index in [4.69, 9.17) is 5.11 Å². The van der Waals surface area contributed by atoms with E-state index in [-0.39, 0.29) is 6.61 Å². The highest BCUT2D eigenvalue weighted by molar-refractivity contribution is 4.86. The number of unbranched alkanes of at least 4 members (excludes halogenated alkanes) is 4. The Bertz CT molecular complexity index is 196. The van der Waals surface area contributed by atoms with Crippen LogP contribution in [-0.2, 0) is 0 Å². The molecular weight excluding hydrogens is 248 g/mol. The second-order valence-corrected chi connectivity index (χ2v) is 6.37. The third-order valence-electron chi connectivity index (χ3n) is 4.55.